The van der Waals surface area contributed by atoms with Crippen molar-refractivity contribution >= 4 is 5.97 Å². The molecule has 2 aromatic carbocycles. The summed E-state index contributed by atoms with van der Waals surface area (Å²) in [5, 5.41) is 13.1. The number of hydrogen-bond acceptors (Lipinski definition) is 5. The molecule has 1 aromatic heterocycles. The van der Waals surface area contributed by atoms with Crippen LogP contribution in [0, 0.1) is 0 Å². The highest BCUT2D eigenvalue weighted by Crippen LogP contribution is 2.26. The van der Waals surface area contributed by atoms with Crippen LogP contribution in [0.2, 0.25) is 0 Å². The van der Waals surface area contributed by atoms with Crippen LogP contribution < -0.4 is 4.74 Å². The number of carboxylic acids is 1. The zero-order valence-corrected chi connectivity index (χ0v) is 12.4. The van der Waals surface area contributed by atoms with Crippen molar-refractivity contribution in [2.24, 2.45) is 0 Å². The first kappa shape index (κ1) is 14.8. The van der Waals surface area contributed by atoms with Gasteiger partial charge in [0.05, 0.1) is 17.7 Å². The van der Waals surface area contributed by atoms with Gasteiger partial charge in [0.25, 0.3) is 5.89 Å². The van der Waals surface area contributed by atoms with Crippen LogP contribution in [0.5, 0.6) is 5.75 Å². The summed E-state index contributed by atoms with van der Waals surface area (Å²) in [4.78, 5) is 15.6. The molecule has 3 rings (SSSR count). The molecule has 116 valence electrons. The number of carbonyl (C=O) groups is 1. The van der Waals surface area contributed by atoms with Gasteiger partial charge in [0.15, 0.2) is 0 Å². The number of nitrogens with zero attached hydrogens (tertiary/aromatic N) is 2. The lowest BCUT2D eigenvalue weighted by atomic mass is 10.1. The maximum Gasteiger partial charge on any atom is 0.336 e. The van der Waals surface area contributed by atoms with Gasteiger partial charge in [0.1, 0.15) is 5.75 Å². The van der Waals surface area contributed by atoms with Gasteiger partial charge in [0, 0.05) is 5.56 Å². The predicted octanol–water partition coefficient (Wildman–Crippen LogP) is 3.50. The van der Waals surface area contributed by atoms with Crippen LogP contribution >= 0.6 is 0 Å². The number of aromatic carboxylic acids is 1. The summed E-state index contributed by atoms with van der Waals surface area (Å²) >= 11 is 0. The molecule has 0 aliphatic heterocycles. The van der Waals surface area contributed by atoms with Crippen molar-refractivity contribution in [3.8, 4) is 28.6 Å². The molecule has 0 aliphatic carbocycles. The second-order valence-corrected chi connectivity index (χ2v) is 4.73. The Morgan fingerprint density at radius 1 is 1.17 bits per heavy atom. The normalized spacial score (nSPS) is 10.5. The van der Waals surface area contributed by atoms with Crippen LogP contribution in [-0.4, -0.2) is 27.8 Å². The van der Waals surface area contributed by atoms with E-state index in [1.54, 1.807) is 18.2 Å². The molecule has 0 unspecified atom stereocenters. The van der Waals surface area contributed by atoms with Crippen molar-refractivity contribution in [1.82, 2.24) is 10.1 Å². The highest BCUT2D eigenvalue weighted by atomic mass is 16.5. The van der Waals surface area contributed by atoms with Crippen LogP contribution in [0.15, 0.2) is 53.1 Å². The van der Waals surface area contributed by atoms with Gasteiger partial charge in [0.2, 0.25) is 5.82 Å². The third-order valence-electron chi connectivity index (χ3n) is 3.24. The summed E-state index contributed by atoms with van der Waals surface area (Å²) in [6.45, 7) is 2.51. The molecule has 6 heteroatoms. The Hall–Kier alpha value is -3.15. The molecule has 3 aromatic rings. The fourth-order valence-electron chi connectivity index (χ4n) is 2.17. The highest BCUT2D eigenvalue weighted by molar-refractivity contribution is 5.94. The van der Waals surface area contributed by atoms with E-state index in [0.717, 1.165) is 11.3 Å². The minimum Gasteiger partial charge on any atom is -0.494 e. The third kappa shape index (κ3) is 3.06. The maximum atomic E-state index is 11.3. The molecule has 0 fully saturated rings. The van der Waals surface area contributed by atoms with E-state index in [0.29, 0.717) is 18.0 Å². The average molecular weight is 310 g/mol. The van der Waals surface area contributed by atoms with Crippen molar-refractivity contribution in [3.63, 3.8) is 0 Å². The topological polar surface area (TPSA) is 85.5 Å². The summed E-state index contributed by atoms with van der Waals surface area (Å²) in [6.07, 6.45) is 0. The molecule has 0 aliphatic rings. The van der Waals surface area contributed by atoms with Gasteiger partial charge in [-0.1, -0.05) is 17.3 Å². The maximum absolute atomic E-state index is 11.3. The zero-order chi connectivity index (χ0) is 16.2. The fourth-order valence-corrected chi connectivity index (χ4v) is 2.17. The Morgan fingerprint density at radius 3 is 2.61 bits per heavy atom. The van der Waals surface area contributed by atoms with Gasteiger partial charge in [-0.3, -0.25) is 0 Å². The molecule has 0 saturated carbocycles. The number of benzene rings is 2. The fraction of sp³-hybridized carbons (Fsp3) is 0.118. The van der Waals surface area contributed by atoms with Crippen LogP contribution in [0.1, 0.15) is 17.3 Å². The molecule has 0 amide bonds. The zero-order valence-electron chi connectivity index (χ0n) is 12.4. The average Bonchev–Trinajstić information content (AvgIpc) is 3.06. The first-order chi connectivity index (χ1) is 11.2. The first-order valence-corrected chi connectivity index (χ1v) is 7.08. The number of hydrogen-bond donors (Lipinski definition) is 1. The van der Waals surface area contributed by atoms with E-state index in [9.17, 15) is 9.90 Å². The van der Waals surface area contributed by atoms with E-state index in [1.165, 1.54) is 6.07 Å². The van der Waals surface area contributed by atoms with E-state index >= 15 is 0 Å². The van der Waals surface area contributed by atoms with Gasteiger partial charge >= 0.3 is 5.97 Å². The van der Waals surface area contributed by atoms with Crippen LogP contribution in [0.3, 0.4) is 0 Å². The van der Waals surface area contributed by atoms with Gasteiger partial charge in [-0.25, -0.2) is 4.79 Å². The van der Waals surface area contributed by atoms with Crippen LogP contribution in [-0.2, 0) is 0 Å². The molecule has 1 heterocycles. The van der Waals surface area contributed by atoms with Crippen molar-refractivity contribution in [3.05, 3.63) is 54.1 Å². The lowest BCUT2D eigenvalue weighted by Crippen LogP contribution is -1.99. The predicted molar refractivity (Wildman–Crippen MR) is 83.3 cm³/mol. The number of carboxylic acid groups (broad SMARTS) is 1. The van der Waals surface area contributed by atoms with Crippen molar-refractivity contribution in [2.75, 3.05) is 6.61 Å². The Morgan fingerprint density at radius 2 is 1.91 bits per heavy atom. The van der Waals surface area contributed by atoms with Crippen LogP contribution in [0.4, 0.5) is 0 Å². The lowest BCUT2D eigenvalue weighted by molar-refractivity contribution is 0.0697. The van der Waals surface area contributed by atoms with Gasteiger partial charge in [-0.15, -0.1) is 0 Å². The molecule has 6 nitrogen and oxygen atoms in total. The minimum absolute atomic E-state index is 0.120. The SMILES string of the molecule is CCOc1ccc(-c2noc(-c3ccccc3C(=O)O)n2)cc1. The number of ether oxygens (including phenoxy) is 1. The molecule has 1 N–H and O–H groups in total. The highest BCUT2D eigenvalue weighted by Gasteiger charge is 2.17. The van der Waals surface area contributed by atoms with E-state index in [4.69, 9.17) is 9.26 Å². The Balaban J connectivity index is 1.93. The molecule has 0 atom stereocenters. The second kappa shape index (κ2) is 6.31. The van der Waals surface area contributed by atoms with E-state index in [2.05, 4.69) is 10.1 Å². The molecule has 23 heavy (non-hydrogen) atoms. The monoisotopic (exact) mass is 310 g/mol. The number of rotatable bonds is 5. The molecule has 0 spiro atoms. The Kier molecular flexibility index (Phi) is 4.05. The van der Waals surface area contributed by atoms with Gasteiger partial charge < -0.3 is 14.4 Å². The van der Waals surface area contributed by atoms with Crippen molar-refractivity contribution < 1.29 is 19.2 Å². The first-order valence-electron chi connectivity index (χ1n) is 7.08. The summed E-state index contributed by atoms with van der Waals surface area (Å²) in [5.41, 5.74) is 1.27. The van der Waals surface area contributed by atoms with Crippen molar-refractivity contribution in [1.29, 1.82) is 0 Å². The second-order valence-electron chi connectivity index (χ2n) is 4.73. The van der Waals surface area contributed by atoms with E-state index < -0.39 is 5.97 Å². The third-order valence-corrected chi connectivity index (χ3v) is 3.24. The summed E-state index contributed by atoms with van der Waals surface area (Å²) in [6, 6.07) is 13.8. The van der Waals surface area contributed by atoms with Gasteiger partial charge in [-0.2, -0.15) is 4.98 Å². The van der Waals surface area contributed by atoms with Crippen molar-refractivity contribution in [2.45, 2.75) is 6.92 Å². The van der Waals surface area contributed by atoms with E-state index in [-0.39, 0.29) is 11.5 Å². The summed E-state index contributed by atoms with van der Waals surface area (Å²) < 4.78 is 10.6. The van der Waals surface area contributed by atoms with Crippen LogP contribution in [0.25, 0.3) is 22.8 Å². The quantitative estimate of drug-likeness (QED) is 0.776. The summed E-state index contributed by atoms with van der Waals surface area (Å²) in [5.74, 6) is 0.285. The molecule has 0 radical (unpaired) electrons. The molecular formula is C17H14N2O4. The largest absolute Gasteiger partial charge is 0.494 e. The molecule has 0 bridgehead atoms. The number of aromatic nitrogens is 2. The minimum atomic E-state index is -1.04. The Labute approximate surface area is 132 Å². The lowest BCUT2D eigenvalue weighted by Gasteiger charge is -2.02. The standard InChI is InChI=1S/C17H14N2O4/c1-2-22-12-9-7-11(8-10-12)15-18-16(23-19-15)13-5-3-4-6-14(13)17(20)21/h3-10H,2H2,1H3,(H,20,21). The van der Waals surface area contributed by atoms with Gasteiger partial charge in [-0.05, 0) is 43.3 Å². The summed E-state index contributed by atoms with van der Waals surface area (Å²) in [7, 11) is 0. The van der Waals surface area contributed by atoms with E-state index in [1.807, 2.05) is 31.2 Å². The smallest absolute Gasteiger partial charge is 0.336 e. The molecule has 0 saturated heterocycles. The molecular weight excluding hydrogens is 296 g/mol. The Bertz CT molecular complexity index is 825.